The van der Waals surface area contributed by atoms with E-state index in [9.17, 15) is 4.79 Å². The van der Waals surface area contributed by atoms with Gasteiger partial charge < -0.3 is 10.2 Å². The van der Waals surface area contributed by atoms with Gasteiger partial charge in [0.05, 0.1) is 0 Å². The molecule has 1 rings (SSSR count). The molecule has 0 saturated carbocycles. The van der Waals surface area contributed by atoms with Crippen molar-refractivity contribution in [3.63, 3.8) is 0 Å². The van der Waals surface area contributed by atoms with E-state index in [0.29, 0.717) is 6.04 Å². The van der Waals surface area contributed by atoms with Crippen LogP contribution < -0.4 is 5.32 Å². The van der Waals surface area contributed by atoms with Gasteiger partial charge in [-0.05, 0) is 46.2 Å². The molecule has 0 aliphatic carbocycles. The van der Waals surface area contributed by atoms with E-state index in [2.05, 4.69) is 31.0 Å². The third-order valence-electron chi connectivity index (χ3n) is 3.71. The maximum atomic E-state index is 11.9. The first kappa shape index (κ1) is 18.4. The average molecular weight is 270 g/mol. The lowest BCUT2D eigenvalue weighted by molar-refractivity contribution is -0.126. The Kier molecular flexibility index (Phi) is 10.9. The van der Waals surface area contributed by atoms with Gasteiger partial charge in [0.2, 0.25) is 5.91 Å². The Bertz CT molecular complexity index is 221. The van der Waals surface area contributed by atoms with E-state index in [0.717, 1.165) is 38.9 Å². The van der Waals surface area contributed by atoms with E-state index >= 15 is 0 Å². The fourth-order valence-electron chi connectivity index (χ4n) is 2.41. The van der Waals surface area contributed by atoms with Gasteiger partial charge in [-0.2, -0.15) is 0 Å². The van der Waals surface area contributed by atoms with Gasteiger partial charge in [0.15, 0.2) is 0 Å². The van der Waals surface area contributed by atoms with Crippen LogP contribution in [0.15, 0.2) is 0 Å². The number of amides is 1. The summed E-state index contributed by atoms with van der Waals surface area (Å²) in [5.74, 6) is 0.538. The van der Waals surface area contributed by atoms with Gasteiger partial charge >= 0.3 is 0 Å². The molecule has 1 amide bonds. The van der Waals surface area contributed by atoms with E-state index in [4.69, 9.17) is 0 Å². The van der Waals surface area contributed by atoms with Crippen LogP contribution in [0.5, 0.6) is 0 Å². The van der Waals surface area contributed by atoms with Crippen molar-refractivity contribution in [1.82, 2.24) is 10.2 Å². The molecule has 3 nitrogen and oxygen atoms in total. The van der Waals surface area contributed by atoms with Crippen molar-refractivity contribution in [2.24, 2.45) is 5.92 Å². The Hall–Kier alpha value is -0.570. The SMILES string of the molecule is CC.CCCCCNC(=O)C1CCN(C(C)C)CC1. The average Bonchev–Trinajstić information content (AvgIpc) is 2.45. The minimum Gasteiger partial charge on any atom is -0.356 e. The van der Waals surface area contributed by atoms with Crippen LogP contribution in [-0.4, -0.2) is 36.5 Å². The van der Waals surface area contributed by atoms with Crippen LogP contribution in [0, 0.1) is 5.92 Å². The zero-order valence-corrected chi connectivity index (χ0v) is 13.7. The fraction of sp³-hybridized carbons (Fsp3) is 0.938. The molecule has 3 heteroatoms. The van der Waals surface area contributed by atoms with Gasteiger partial charge in [0, 0.05) is 18.5 Å². The topological polar surface area (TPSA) is 32.3 Å². The van der Waals surface area contributed by atoms with Crippen molar-refractivity contribution < 1.29 is 4.79 Å². The predicted molar refractivity (Wildman–Crippen MR) is 83.3 cm³/mol. The number of piperidine rings is 1. The summed E-state index contributed by atoms with van der Waals surface area (Å²) in [6.45, 7) is 13.6. The van der Waals surface area contributed by atoms with E-state index in [-0.39, 0.29) is 11.8 Å². The van der Waals surface area contributed by atoms with Gasteiger partial charge in [-0.15, -0.1) is 0 Å². The van der Waals surface area contributed by atoms with Crippen molar-refractivity contribution in [3.05, 3.63) is 0 Å². The van der Waals surface area contributed by atoms with Crippen molar-refractivity contribution in [1.29, 1.82) is 0 Å². The van der Waals surface area contributed by atoms with Crippen LogP contribution in [0.3, 0.4) is 0 Å². The molecule has 1 aliphatic heterocycles. The Labute approximate surface area is 120 Å². The summed E-state index contributed by atoms with van der Waals surface area (Å²) in [6, 6.07) is 0.614. The Balaban J connectivity index is 0.00000154. The predicted octanol–water partition coefficient (Wildman–Crippen LogP) is 3.44. The molecule has 0 atom stereocenters. The highest BCUT2D eigenvalue weighted by molar-refractivity contribution is 5.78. The quantitative estimate of drug-likeness (QED) is 0.750. The lowest BCUT2D eigenvalue weighted by Gasteiger charge is -2.33. The highest BCUT2D eigenvalue weighted by Crippen LogP contribution is 2.18. The standard InChI is InChI=1S/C14H28N2O.C2H6/c1-4-5-6-9-15-14(17)13-7-10-16(11-8-13)12(2)3;1-2/h12-13H,4-11H2,1-3H3,(H,15,17);1-2H3. The number of likely N-dealkylation sites (tertiary alicyclic amines) is 1. The molecule has 1 aliphatic rings. The highest BCUT2D eigenvalue weighted by Gasteiger charge is 2.25. The first-order valence-corrected chi connectivity index (χ1v) is 8.17. The molecule has 0 radical (unpaired) electrons. The fourth-order valence-corrected chi connectivity index (χ4v) is 2.41. The normalized spacial score (nSPS) is 16.9. The van der Waals surface area contributed by atoms with Crippen LogP contribution in [-0.2, 0) is 4.79 Å². The maximum Gasteiger partial charge on any atom is 0.223 e. The van der Waals surface area contributed by atoms with Gasteiger partial charge in [-0.25, -0.2) is 0 Å². The van der Waals surface area contributed by atoms with Crippen LogP contribution in [0.1, 0.15) is 66.7 Å². The number of unbranched alkanes of at least 4 members (excludes halogenated alkanes) is 2. The zero-order chi connectivity index (χ0) is 14.7. The molecule has 0 aromatic heterocycles. The van der Waals surface area contributed by atoms with E-state index in [1.165, 1.54) is 12.8 Å². The van der Waals surface area contributed by atoms with Gasteiger partial charge in [-0.3, -0.25) is 4.79 Å². The molecule has 1 N–H and O–H groups in total. The summed E-state index contributed by atoms with van der Waals surface area (Å²) in [6.07, 6.45) is 5.59. The summed E-state index contributed by atoms with van der Waals surface area (Å²) in [7, 11) is 0. The number of nitrogens with one attached hydrogen (secondary N) is 1. The largest absolute Gasteiger partial charge is 0.356 e. The number of carbonyl (C=O) groups is 1. The molecule has 1 saturated heterocycles. The minimum absolute atomic E-state index is 0.256. The summed E-state index contributed by atoms with van der Waals surface area (Å²) in [5, 5.41) is 3.07. The van der Waals surface area contributed by atoms with Crippen molar-refractivity contribution in [2.45, 2.75) is 72.8 Å². The smallest absolute Gasteiger partial charge is 0.223 e. The molecule has 0 unspecified atom stereocenters. The van der Waals surface area contributed by atoms with Crippen LogP contribution >= 0.6 is 0 Å². The Morgan fingerprint density at radius 1 is 1.21 bits per heavy atom. The van der Waals surface area contributed by atoms with Gasteiger partial charge in [-0.1, -0.05) is 33.6 Å². The van der Waals surface area contributed by atoms with Crippen LogP contribution in [0.4, 0.5) is 0 Å². The Morgan fingerprint density at radius 2 is 1.79 bits per heavy atom. The summed E-state index contributed by atoms with van der Waals surface area (Å²) >= 11 is 0. The molecule has 0 spiro atoms. The summed E-state index contributed by atoms with van der Waals surface area (Å²) in [4.78, 5) is 14.4. The number of carbonyl (C=O) groups excluding carboxylic acids is 1. The highest BCUT2D eigenvalue weighted by atomic mass is 16.1. The molecule has 114 valence electrons. The second kappa shape index (κ2) is 11.3. The maximum absolute atomic E-state index is 11.9. The van der Waals surface area contributed by atoms with Crippen LogP contribution in [0.25, 0.3) is 0 Å². The van der Waals surface area contributed by atoms with Crippen LogP contribution in [0.2, 0.25) is 0 Å². The number of rotatable bonds is 6. The van der Waals surface area contributed by atoms with Gasteiger partial charge in [0.25, 0.3) is 0 Å². The minimum atomic E-state index is 0.256. The van der Waals surface area contributed by atoms with Crippen molar-refractivity contribution >= 4 is 5.91 Å². The lowest BCUT2D eigenvalue weighted by Crippen LogP contribution is -2.43. The molecule has 0 bridgehead atoms. The third-order valence-corrected chi connectivity index (χ3v) is 3.71. The first-order valence-electron chi connectivity index (χ1n) is 8.17. The molecule has 1 heterocycles. The number of nitrogens with zero attached hydrogens (tertiary/aromatic N) is 1. The third kappa shape index (κ3) is 7.56. The van der Waals surface area contributed by atoms with E-state index < -0.39 is 0 Å². The Morgan fingerprint density at radius 3 is 2.26 bits per heavy atom. The molecular formula is C16H34N2O. The number of hydrogen-bond donors (Lipinski definition) is 1. The molecular weight excluding hydrogens is 236 g/mol. The van der Waals surface area contributed by atoms with E-state index in [1.54, 1.807) is 0 Å². The summed E-state index contributed by atoms with van der Waals surface area (Å²) in [5.41, 5.74) is 0. The zero-order valence-electron chi connectivity index (χ0n) is 13.7. The lowest BCUT2D eigenvalue weighted by atomic mass is 9.95. The second-order valence-electron chi connectivity index (χ2n) is 5.40. The molecule has 0 aromatic rings. The monoisotopic (exact) mass is 270 g/mol. The molecule has 19 heavy (non-hydrogen) atoms. The van der Waals surface area contributed by atoms with E-state index in [1.807, 2.05) is 13.8 Å². The van der Waals surface area contributed by atoms with Crippen molar-refractivity contribution in [2.75, 3.05) is 19.6 Å². The second-order valence-corrected chi connectivity index (χ2v) is 5.40. The van der Waals surface area contributed by atoms with Gasteiger partial charge in [0.1, 0.15) is 0 Å². The molecule has 0 aromatic carbocycles. The summed E-state index contributed by atoms with van der Waals surface area (Å²) < 4.78 is 0. The molecule has 1 fully saturated rings. The first-order chi connectivity index (χ1) is 9.15. The van der Waals surface area contributed by atoms with Crippen molar-refractivity contribution in [3.8, 4) is 0 Å². The number of hydrogen-bond acceptors (Lipinski definition) is 2.